The van der Waals surface area contributed by atoms with Gasteiger partial charge in [-0.2, -0.15) is 0 Å². The van der Waals surface area contributed by atoms with Crippen LogP contribution in [0.25, 0.3) is 0 Å². The molecular formula is C18H25N3. The van der Waals surface area contributed by atoms with Crippen LogP contribution >= 0.6 is 0 Å². The van der Waals surface area contributed by atoms with E-state index in [4.69, 9.17) is 4.98 Å². The van der Waals surface area contributed by atoms with Crippen molar-refractivity contribution in [3.63, 3.8) is 0 Å². The van der Waals surface area contributed by atoms with E-state index in [9.17, 15) is 0 Å². The third-order valence-electron chi connectivity index (χ3n) is 3.42. The third kappa shape index (κ3) is 4.55. The van der Waals surface area contributed by atoms with Crippen molar-refractivity contribution in [3.05, 3.63) is 53.0 Å². The second-order valence-corrected chi connectivity index (χ2v) is 5.84. The van der Waals surface area contributed by atoms with Crippen LogP contribution in [0.3, 0.4) is 0 Å². The first-order valence-electron chi connectivity index (χ1n) is 7.75. The first-order valence-corrected chi connectivity index (χ1v) is 7.75. The first-order chi connectivity index (χ1) is 10.1. The molecule has 2 aromatic rings. The molecule has 21 heavy (non-hydrogen) atoms. The molecule has 0 atom stereocenters. The monoisotopic (exact) mass is 283 g/mol. The van der Waals surface area contributed by atoms with E-state index in [0.717, 1.165) is 36.7 Å². The standard InChI is InChI=1S/C18H25N3/c1-5-10-19-17-12-16(13(2)3)20-18(21-17)11-15-8-6-14(4)7-9-15/h6-9,12-13H,5,10-11H2,1-4H3,(H,19,20,21). The molecule has 0 aliphatic carbocycles. The summed E-state index contributed by atoms with van der Waals surface area (Å²) in [5, 5.41) is 3.37. The summed E-state index contributed by atoms with van der Waals surface area (Å²) in [5.74, 6) is 2.24. The fraction of sp³-hybridized carbons (Fsp3) is 0.444. The van der Waals surface area contributed by atoms with Crippen molar-refractivity contribution >= 4 is 5.82 Å². The van der Waals surface area contributed by atoms with Crippen LogP contribution in [0.4, 0.5) is 5.82 Å². The molecule has 1 aromatic carbocycles. The summed E-state index contributed by atoms with van der Waals surface area (Å²) in [6.45, 7) is 9.54. The summed E-state index contributed by atoms with van der Waals surface area (Å²) >= 11 is 0. The summed E-state index contributed by atoms with van der Waals surface area (Å²) < 4.78 is 0. The lowest BCUT2D eigenvalue weighted by Crippen LogP contribution is -2.08. The second-order valence-electron chi connectivity index (χ2n) is 5.84. The lowest BCUT2D eigenvalue weighted by Gasteiger charge is -2.11. The van der Waals surface area contributed by atoms with Crippen molar-refractivity contribution in [2.24, 2.45) is 0 Å². The topological polar surface area (TPSA) is 37.8 Å². The van der Waals surface area contributed by atoms with Crippen LogP contribution in [-0.4, -0.2) is 16.5 Å². The Morgan fingerprint density at radius 2 is 1.81 bits per heavy atom. The predicted octanol–water partition coefficient (Wildman–Crippen LogP) is 4.32. The average molecular weight is 283 g/mol. The van der Waals surface area contributed by atoms with E-state index >= 15 is 0 Å². The number of rotatable bonds is 6. The van der Waals surface area contributed by atoms with Crippen LogP contribution in [-0.2, 0) is 6.42 Å². The van der Waals surface area contributed by atoms with Crippen LogP contribution in [0, 0.1) is 6.92 Å². The van der Waals surface area contributed by atoms with Crippen molar-refractivity contribution in [3.8, 4) is 0 Å². The van der Waals surface area contributed by atoms with Gasteiger partial charge in [0.1, 0.15) is 11.6 Å². The van der Waals surface area contributed by atoms with E-state index in [-0.39, 0.29) is 0 Å². The SMILES string of the molecule is CCCNc1cc(C(C)C)nc(Cc2ccc(C)cc2)n1. The Hall–Kier alpha value is -1.90. The maximum Gasteiger partial charge on any atom is 0.135 e. The number of nitrogens with zero attached hydrogens (tertiary/aromatic N) is 2. The fourth-order valence-electron chi connectivity index (χ4n) is 2.12. The van der Waals surface area contributed by atoms with Gasteiger partial charge in [-0.3, -0.25) is 0 Å². The molecule has 3 heteroatoms. The molecule has 0 saturated carbocycles. The molecule has 0 saturated heterocycles. The number of nitrogens with one attached hydrogen (secondary N) is 1. The van der Waals surface area contributed by atoms with Gasteiger partial charge in [0.15, 0.2) is 0 Å². The third-order valence-corrected chi connectivity index (χ3v) is 3.42. The number of anilines is 1. The molecular weight excluding hydrogens is 258 g/mol. The van der Waals surface area contributed by atoms with Crippen molar-refractivity contribution in [2.45, 2.75) is 46.5 Å². The Labute approximate surface area is 127 Å². The molecule has 1 aromatic heterocycles. The zero-order valence-electron chi connectivity index (χ0n) is 13.5. The van der Waals surface area contributed by atoms with Gasteiger partial charge in [-0.15, -0.1) is 0 Å². The van der Waals surface area contributed by atoms with E-state index in [0.29, 0.717) is 5.92 Å². The van der Waals surface area contributed by atoms with Gasteiger partial charge in [0, 0.05) is 24.7 Å². The Morgan fingerprint density at radius 3 is 2.43 bits per heavy atom. The number of hydrogen-bond acceptors (Lipinski definition) is 3. The quantitative estimate of drug-likeness (QED) is 0.858. The fourth-order valence-corrected chi connectivity index (χ4v) is 2.12. The van der Waals surface area contributed by atoms with Crippen LogP contribution in [0.2, 0.25) is 0 Å². The molecule has 0 amide bonds. The molecule has 1 heterocycles. The molecule has 0 radical (unpaired) electrons. The molecule has 0 bridgehead atoms. The van der Waals surface area contributed by atoms with Crippen molar-refractivity contribution < 1.29 is 0 Å². The Morgan fingerprint density at radius 1 is 1.10 bits per heavy atom. The Kier molecular flexibility index (Phi) is 5.32. The van der Waals surface area contributed by atoms with E-state index in [1.54, 1.807) is 0 Å². The number of hydrogen-bond donors (Lipinski definition) is 1. The van der Waals surface area contributed by atoms with Crippen molar-refractivity contribution in [2.75, 3.05) is 11.9 Å². The summed E-state index contributed by atoms with van der Waals surface area (Å²) in [4.78, 5) is 9.36. The van der Waals surface area contributed by atoms with E-state index < -0.39 is 0 Å². The normalized spacial score (nSPS) is 10.9. The van der Waals surface area contributed by atoms with Gasteiger partial charge in [0.25, 0.3) is 0 Å². The minimum atomic E-state index is 0.409. The number of aromatic nitrogens is 2. The van der Waals surface area contributed by atoms with Gasteiger partial charge in [0.05, 0.1) is 0 Å². The summed E-state index contributed by atoms with van der Waals surface area (Å²) in [6, 6.07) is 10.6. The van der Waals surface area contributed by atoms with E-state index in [1.807, 2.05) is 0 Å². The largest absolute Gasteiger partial charge is 0.370 e. The molecule has 3 nitrogen and oxygen atoms in total. The second kappa shape index (κ2) is 7.21. The highest BCUT2D eigenvalue weighted by atomic mass is 15.0. The summed E-state index contributed by atoms with van der Waals surface area (Å²) in [5.41, 5.74) is 3.63. The molecule has 0 aliphatic rings. The van der Waals surface area contributed by atoms with Gasteiger partial charge in [0.2, 0.25) is 0 Å². The first kappa shape index (κ1) is 15.5. The summed E-state index contributed by atoms with van der Waals surface area (Å²) in [7, 11) is 0. The zero-order valence-corrected chi connectivity index (χ0v) is 13.5. The van der Waals surface area contributed by atoms with Gasteiger partial charge in [-0.05, 0) is 24.8 Å². The lowest BCUT2D eigenvalue weighted by molar-refractivity contribution is 0.790. The van der Waals surface area contributed by atoms with Crippen molar-refractivity contribution in [1.82, 2.24) is 9.97 Å². The molecule has 2 rings (SSSR count). The average Bonchev–Trinajstić information content (AvgIpc) is 2.47. The molecule has 0 spiro atoms. The highest BCUT2D eigenvalue weighted by Crippen LogP contribution is 2.17. The maximum absolute atomic E-state index is 4.71. The zero-order chi connectivity index (χ0) is 15.2. The van der Waals surface area contributed by atoms with Gasteiger partial charge < -0.3 is 5.32 Å². The van der Waals surface area contributed by atoms with Gasteiger partial charge >= 0.3 is 0 Å². The minimum absolute atomic E-state index is 0.409. The van der Waals surface area contributed by atoms with Crippen LogP contribution < -0.4 is 5.32 Å². The smallest absolute Gasteiger partial charge is 0.135 e. The number of benzene rings is 1. The van der Waals surface area contributed by atoms with Crippen LogP contribution in [0.5, 0.6) is 0 Å². The van der Waals surface area contributed by atoms with Crippen LogP contribution in [0.1, 0.15) is 55.8 Å². The highest BCUT2D eigenvalue weighted by Gasteiger charge is 2.08. The molecule has 1 N–H and O–H groups in total. The Bertz CT molecular complexity index is 574. The van der Waals surface area contributed by atoms with Crippen LogP contribution in [0.15, 0.2) is 30.3 Å². The van der Waals surface area contributed by atoms with E-state index in [1.165, 1.54) is 11.1 Å². The summed E-state index contributed by atoms with van der Waals surface area (Å²) in [6.07, 6.45) is 1.87. The lowest BCUT2D eigenvalue weighted by atomic mass is 10.1. The van der Waals surface area contributed by atoms with Crippen molar-refractivity contribution in [1.29, 1.82) is 0 Å². The Balaban J connectivity index is 2.24. The molecule has 0 unspecified atom stereocenters. The van der Waals surface area contributed by atoms with Gasteiger partial charge in [-0.1, -0.05) is 50.6 Å². The molecule has 0 aliphatic heterocycles. The molecule has 112 valence electrons. The highest BCUT2D eigenvalue weighted by molar-refractivity contribution is 5.37. The minimum Gasteiger partial charge on any atom is -0.370 e. The maximum atomic E-state index is 4.71. The number of aryl methyl sites for hydroxylation is 1. The van der Waals surface area contributed by atoms with Gasteiger partial charge in [-0.25, -0.2) is 9.97 Å². The predicted molar refractivity (Wildman–Crippen MR) is 88.9 cm³/mol. The molecule has 0 fully saturated rings. The van der Waals surface area contributed by atoms with E-state index in [2.05, 4.69) is 68.3 Å².